The summed E-state index contributed by atoms with van der Waals surface area (Å²) in [5.74, 6) is 0.0501. The fourth-order valence-electron chi connectivity index (χ4n) is 4.29. The van der Waals surface area contributed by atoms with Crippen molar-refractivity contribution in [2.45, 2.75) is 51.3 Å². The number of rotatable bonds is 13. The molecule has 16 heteroatoms. The van der Waals surface area contributed by atoms with Crippen molar-refractivity contribution >= 4 is 44.1 Å². The lowest BCUT2D eigenvalue weighted by Crippen LogP contribution is -2.19. The minimum atomic E-state index is -4.02. The number of anilines is 3. The van der Waals surface area contributed by atoms with Crippen molar-refractivity contribution < 1.29 is 36.4 Å². The molecule has 5 aromatic rings. The van der Waals surface area contributed by atoms with E-state index in [0.717, 1.165) is 11.3 Å². The molecule has 0 spiro atoms. The van der Waals surface area contributed by atoms with Crippen LogP contribution in [-0.4, -0.2) is 70.5 Å². The van der Waals surface area contributed by atoms with Crippen LogP contribution in [0, 0.1) is 12.7 Å². The van der Waals surface area contributed by atoms with Crippen LogP contribution in [0.3, 0.4) is 0 Å². The van der Waals surface area contributed by atoms with E-state index >= 15 is 4.39 Å². The van der Waals surface area contributed by atoms with Crippen molar-refractivity contribution in [1.29, 1.82) is 0 Å². The zero-order valence-electron chi connectivity index (χ0n) is 27.6. The second-order valence-corrected chi connectivity index (χ2v) is 12.5. The van der Waals surface area contributed by atoms with E-state index in [2.05, 4.69) is 30.9 Å². The molecule has 0 saturated carbocycles. The SMILES string of the molecule is COCCOC(C)Oc1cc(F)c2c(Nc3ccc(NC(=O)Cn4cc(C(C)C)nn4)cc3)ncnc2c1.Cc1ccc(S(=O)(=O)O)cc1. The van der Waals surface area contributed by atoms with Gasteiger partial charge < -0.3 is 24.8 Å². The van der Waals surface area contributed by atoms with Gasteiger partial charge in [0, 0.05) is 36.8 Å². The number of amides is 1. The molecule has 1 amide bonds. The maximum Gasteiger partial charge on any atom is 0.294 e. The normalized spacial score (nSPS) is 11.9. The zero-order chi connectivity index (χ0) is 35.6. The minimum absolute atomic E-state index is 0.0513. The molecule has 14 nitrogen and oxygen atoms in total. The van der Waals surface area contributed by atoms with Gasteiger partial charge in [0.2, 0.25) is 5.91 Å². The van der Waals surface area contributed by atoms with Crippen molar-refractivity contribution in [3.63, 3.8) is 0 Å². The van der Waals surface area contributed by atoms with Gasteiger partial charge in [0.1, 0.15) is 30.3 Å². The number of carbonyl (C=O) groups is 1. The third-order valence-electron chi connectivity index (χ3n) is 6.81. The zero-order valence-corrected chi connectivity index (χ0v) is 28.4. The van der Waals surface area contributed by atoms with Crippen LogP contribution in [0.25, 0.3) is 10.9 Å². The van der Waals surface area contributed by atoms with E-state index < -0.39 is 22.2 Å². The van der Waals surface area contributed by atoms with E-state index in [4.69, 9.17) is 18.8 Å². The first kappa shape index (κ1) is 36.8. The smallest absolute Gasteiger partial charge is 0.294 e. The Morgan fingerprint density at radius 2 is 1.69 bits per heavy atom. The molecule has 260 valence electrons. The highest BCUT2D eigenvalue weighted by molar-refractivity contribution is 7.85. The highest BCUT2D eigenvalue weighted by atomic mass is 32.2. The molecule has 3 N–H and O–H groups in total. The summed E-state index contributed by atoms with van der Waals surface area (Å²) in [6.45, 7) is 8.41. The predicted octanol–water partition coefficient (Wildman–Crippen LogP) is 5.50. The van der Waals surface area contributed by atoms with Gasteiger partial charge in [-0.2, -0.15) is 8.42 Å². The molecule has 1 unspecified atom stereocenters. The van der Waals surface area contributed by atoms with Gasteiger partial charge in [-0.3, -0.25) is 9.35 Å². The van der Waals surface area contributed by atoms with Crippen LogP contribution >= 0.6 is 0 Å². The molecule has 1 atom stereocenters. The lowest BCUT2D eigenvalue weighted by molar-refractivity contribution is -0.116. The summed E-state index contributed by atoms with van der Waals surface area (Å²) in [4.78, 5) is 20.7. The Labute approximate surface area is 283 Å². The Balaban J connectivity index is 0.000000418. The summed E-state index contributed by atoms with van der Waals surface area (Å²) in [6.07, 6.45) is 2.51. The Morgan fingerprint density at radius 1 is 1.00 bits per heavy atom. The van der Waals surface area contributed by atoms with E-state index in [9.17, 15) is 13.2 Å². The first-order valence-electron chi connectivity index (χ1n) is 15.1. The monoisotopic (exact) mass is 695 g/mol. The predicted molar refractivity (Wildman–Crippen MR) is 181 cm³/mol. The maximum atomic E-state index is 15.1. The molecule has 2 aromatic heterocycles. The molecule has 5 rings (SSSR count). The molecule has 0 bridgehead atoms. The van der Waals surface area contributed by atoms with Crippen molar-refractivity contribution in [2.24, 2.45) is 0 Å². The number of fused-ring (bicyclic) bond motifs is 1. The van der Waals surface area contributed by atoms with Gasteiger partial charge in [0.05, 0.1) is 34.7 Å². The van der Waals surface area contributed by atoms with Gasteiger partial charge in [-0.1, -0.05) is 36.8 Å². The number of halogens is 1. The van der Waals surface area contributed by atoms with Crippen LogP contribution in [0.2, 0.25) is 0 Å². The fraction of sp³-hybridized carbons (Fsp3) is 0.303. The van der Waals surface area contributed by atoms with E-state index in [1.54, 1.807) is 62.7 Å². The van der Waals surface area contributed by atoms with Crippen LogP contribution in [-0.2, 0) is 30.9 Å². The first-order valence-corrected chi connectivity index (χ1v) is 16.6. The second-order valence-electron chi connectivity index (χ2n) is 11.1. The highest BCUT2D eigenvalue weighted by Gasteiger charge is 2.15. The number of nitrogens with zero attached hydrogens (tertiary/aromatic N) is 5. The average Bonchev–Trinajstić information content (AvgIpc) is 3.51. The van der Waals surface area contributed by atoms with Crippen LogP contribution < -0.4 is 15.4 Å². The molecular formula is C33H38FN7O7S. The largest absolute Gasteiger partial charge is 0.465 e. The molecule has 0 aliphatic heterocycles. The van der Waals surface area contributed by atoms with Crippen LogP contribution in [0.1, 0.15) is 37.9 Å². The number of nitrogens with one attached hydrogen (secondary N) is 2. The molecule has 0 radical (unpaired) electrons. The standard InChI is InChI=1S/C26H30FN7O4.C7H8O3S/c1-16(2)23-13-34(33-32-23)14-24(35)30-18-5-7-19(8-6-18)31-26-25-21(27)11-20(12-22(25)28-15-29-26)38-17(3)37-10-9-36-4;1-6-2-4-7(5-3-6)11(8,9)10/h5-8,11-13,15-17H,9-10,14H2,1-4H3,(H,30,35)(H,28,29,31);2-5H,1H3,(H,8,9,10). The number of hydrogen-bond acceptors (Lipinski definition) is 11. The lowest BCUT2D eigenvalue weighted by Gasteiger charge is -2.16. The van der Waals surface area contributed by atoms with Gasteiger partial charge in [0.25, 0.3) is 10.1 Å². The second kappa shape index (κ2) is 16.9. The fourth-order valence-corrected chi connectivity index (χ4v) is 4.77. The molecule has 0 fully saturated rings. The van der Waals surface area contributed by atoms with Crippen LogP contribution in [0.4, 0.5) is 21.6 Å². The Hall–Kier alpha value is -5.03. The number of methoxy groups -OCH3 is 1. The highest BCUT2D eigenvalue weighted by Crippen LogP contribution is 2.30. The van der Waals surface area contributed by atoms with Gasteiger partial charge in [-0.15, -0.1) is 5.10 Å². The average molecular weight is 696 g/mol. The number of carbonyl (C=O) groups excluding carboxylic acids is 1. The van der Waals surface area contributed by atoms with Gasteiger partial charge in [-0.05, 0) is 56.2 Å². The van der Waals surface area contributed by atoms with Gasteiger partial charge >= 0.3 is 0 Å². The Morgan fingerprint density at radius 3 is 2.33 bits per heavy atom. The summed E-state index contributed by atoms with van der Waals surface area (Å²) >= 11 is 0. The van der Waals surface area contributed by atoms with E-state index in [0.29, 0.717) is 35.9 Å². The summed E-state index contributed by atoms with van der Waals surface area (Å²) in [5.41, 5.74) is 3.41. The summed E-state index contributed by atoms with van der Waals surface area (Å²) < 4.78 is 62.2. The number of aromatic nitrogens is 5. The van der Waals surface area contributed by atoms with E-state index in [1.807, 2.05) is 20.8 Å². The van der Waals surface area contributed by atoms with Crippen LogP contribution in [0.15, 0.2) is 78.1 Å². The van der Waals surface area contributed by atoms with Crippen LogP contribution in [0.5, 0.6) is 5.75 Å². The Kier molecular flexibility index (Phi) is 12.7. The van der Waals surface area contributed by atoms with Gasteiger partial charge in [0.15, 0.2) is 6.29 Å². The number of hydrogen-bond donors (Lipinski definition) is 3. The Bertz CT molecular complexity index is 1960. The van der Waals surface area contributed by atoms with Crippen molar-refractivity contribution in [1.82, 2.24) is 25.0 Å². The molecule has 0 aliphatic rings. The molecular weight excluding hydrogens is 657 g/mol. The molecule has 3 aromatic carbocycles. The summed E-state index contributed by atoms with van der Waals surface area (Å²) in [7, 11) is -2.44. The third-order valence-corrected chi connectivity index (χ3v) is 7.68. The summed E-state index contributed by atoms with van der Waals surface area (Å²) in [5, 5.41) is 14.2. The van der Waals surface area contributed by atoms with E-state index in [-0.39, 0.29) is 34.4 Å². The summed E-state index contributed by atoms with van der Waals surface area (Å²) in [6, 6.07) is 15.9. The minimum Gasteiger partial charge on any atom is -0.465 e. The molecule has 49 heavy (non-hydrogen) atoms. The quantitative estimate of drug-likeness (QED) is 0.0802. The third kappa shape index (κ3) is 11.0. The maximum absolute atomic E-state index is 15.1. The topological polar surface area (TPSA) is 180 Å². The number of ether oxygens (including phenoxy) is 3. The van der Waals surface area contributed by atoms with E-state index in [1.165, 1.54) is 29.2 Å². The van der Waals surface area contributed by atoms with Crippen molar-refractivity contribution in [2.75, 3.05) is 31.0 Å². The van der Waals surface area contributed by atoms with Crippen molar-refractivity contribution in [3.8, 4) is 5.75 Å². The lowest BCUT2D eigenvalue weighted by atomic mass is 10.2. The molecule has 0 aliphatic carbocycles. The number of benzene rings is 3. The molecule has 2 heterocycles. The van der Waals surface area contributed by atoms with Crippen molar-refractivity contribution in [3.05, 3.63) is 90.3 Å². The molecule has 0 saturated heterocycles. The number of aryl methyl sites for hydroxylation is 1. The van der Waals surface area contributed by atoms with Gasteiger partial charge in [-0.25, -0.2) is 19.0 Å². The first-order chi connectivity index (χ1) is 23.3.